The zero-order chi connectivity index (χ0) is 19.7. The van der Waals surface area contributed by atoms with Gasteiger partial charge >= 0.3 is 0 Å². The molecule has 2 aromatic rings. The monoisotopic (exact) mass is 400 g/mol. The first-order valence-electron chi connectivity index (χ1n) is 9.91. The summed E-state index contributed by atoms with van der Waals surface area (Å²) in [6.07, 6.45) is 4.85. The number of pyridine rings is 1. The molecule has 2 aliphatic heterocycles. The Labute approximate surface area is 167 Å². The Morgan fingerprint density at radius 1 is 0.964 bits per heavy atom. The van der Waals surface area contributed by atoms with Crippen molar-refractivity contribution in [3.05, 3.63) is 53.9 Å². The van der Waals surface area contributed by atoms with Crippen LogP contribution in [0, 0.1) is 13.8 Å². The van der Waals surface area contributed by atoms with Crippen LogP contribution in [0.2, 0.25) is 0 Å². The molecule has 150 valence electrons. The number of benzene rings is 1. The van der Waals surface area contributed by atoms with Gasteiger partial charge in [0.2, 0.25) is 10.0 Å². The first-order chi connectivity index (χ1) is 13.4. The van der Waals surface area contributed by atoms with E-state index < -0.39 is 10.0 Å². The van der Waals surface area contributed by atoms with Crippen LogP contribution in [0.25, 0.3) is 0 Å². The van der Waals surface area contributed by atoms with Crippen LogP contribution in [0.15, 0.2) is 47.6 Å². The molecule has 0 bridgehead atoms. The molecule has 0 spiro atoms. The molecule has 6 nitrogen and oxygen atoms in total. The van der Waals surface area contributed by atoms with E-state index in [-0.39, 0.29) is 0 Å². The molecule has 0 radical (unpaired) electrons. The molecule has 2 fully saturated rings. The number of hydrogen-bond acceptors (Lipinski definition) is 5. The van der Waals surface area contributed by atoms with Gasteiger partial charge in [0, 0.05) is 63.4 Å². The highest BCUT2D eigenvalue weighted by atomic mass is 32.2. The Balaban J connectivity index is 1.36. The van der Waals surface area contributed by atoms with Gasteiger partial charge < -0.3 is 4.90 Å². The van der Waals surface area contributed by atoms with E-state index in [1.54, 1.807) is 16.4 Å². The molecule has 0 atom stereocenters. The molecule has 4 rings (SSSR count). The Bertz CT molecular complexity index is 924. The minimum absolute atomic E-state index is 0.318. The summed E-state index contributed by atoms with van der Waals surface area (Å²) in [5.74, 6) is 0. The van der Waals surface area contributed by atoms with Crippen LogP contribution in [0.3, 0.4) is 0 Å². The zero-order valence-electron chi connectivity index (χ0n) is 16.6. The van der Waals surface area contributed by atoms with E-state index in [1.807, 2.05) is 31.5 Å². The molecule has 2 aliphatic rings. The molecule has 0 aliphatic carbocycles. The number of anilines is 1. The fraction of sp³-hybridized carbons (Fsp3) is 0.476. The van der Waals surface area contributed by atoms with Crippen LogP contribution in [-0.4, -0.2) is 67.9 Å². The first kappa shape index (κ1) is 19.4. The fourth-order valence-corrected chi connectivity index (χ4v) is 5.58. The molecular weight excluding hydrogens is 372 g/mol. The Morgan fingerprint density at radius 2 is 1.71 bits per heavy atom. The van der Waals surface area contributed by atoms with E-state index in [0.717, 1.165) is 38.2 Å². The summed E-state index contributed by atoms with van der Waals surface area (Å²) in [7, 11) is -3.37. The number of rotatable bonds is 4. The Morgan fingerprint density at radius 3 is 2.43 bits per heavy atom. The predicted molar refractivity (Wildman–Crippen MR) is 111 cm³/mol. The normalized spacial score (nSPS) is 20.0. The van der Waals surface area contributed by atoms with Crippen molar-refractivity contribution in [2.24, 2.45) is 0 Å². The third-order valence-corrected chi connectivity index (χ3v) is 7.71. The van der Waals surface area contributed by atoms with Crippen LogP contribution < -0.4 is 4.90 Å². The number of sulfonamides is 1. The van der Waals surface area contributed by atoms with Gasteiger partial charge in [-0.2, -0.15) is 4.31 Å². The molecular formula is C21H28N4O2S. The summed E-state index contributed by atoms with van der Waals surface area (Å²) in [5, 5.41) is 0. The Kier molecular flexibility index (Phi) is 5.40. The van der Waals surface area contributed by atoms with Crippen molar-refractivity contribution in [1.29, 1.82) is 0 Å². The Hall–Kier alpha value is -1.96. The third kappa shape index (κ3) is 3.79. The summed E-state index contributed by atoms with van der Waals surface area (Å²) in [6.45, 7) is 9.21. The van der Waals surface area contributed by atoms with Crippen molar-refractivity contribution in [3.8, 4) is 0 Å². The van der Waals surface area contributed by atoms with Gasteiger partial charge in [0.05, 0.1) is 4.90 Å². The summed E-state index contributed by atoms with van der Waals surface area (Å²) in [5.41, 5.74) is 3.53. The highest BCUT2D eigenvalue weighted by Crippen LogP contribution is 2.26. The molecule has 3 heterocycles. The van der Waals surface area contributed by atoms with Crippen molar-refractivity contribution in [2.45, 2.75) is 31.2 Å². The molecule has 1 aromatic heterocycles. The lowest BCUT2D eigenvalue weighted by atomic mass is 10.1. The highest BCUT2D eigenvalue weighted by molar-refractivity contribution is 7.89. The van der Waals surface area contributed by atoms with Crippen molar-refractivity contribution in [1.82, 2.24) is 14.2 Å². The maximum atomic E-state index is 12.8. The zero-order valence-corrected chi connectivity index (χ0v) is 17.4. The standard InChI is InChI=1S/C21H28N4O2S/c1-17-4-6-20(7-5-17)28(26,27)25-15-19(16-25)23-10-3-11-24(13-12-23)21-8-9-22-14-18(21)2/h4-9,14,19H,3,10-13,15-16H2,1-2H3. The number of nitrogens with zero attached hydrogens (tertiary/aromatic N) is 4. The van der Waals surface area contributed by atoms with Crippen LogP contribution in [0.5, 0.6) is 0 Å². The second-order valence-electron chi connectivity index (χ2n) is 7.83. The smallest absolute Gasteiger partial charge is 0.243 e. The number of hydrogen-bond donors (Lipinski definition) is 0. The van der Waals surface area contributed by atoms with E-state index >= 15 is 0 Å². The van der Waals surface area contributed by atoms with E-state index in [1.165, 1.54) is 11.3 Å². The lowest BCUT2D eigenvalue weighted by molar-refractivity contribution is 0.0941. The molecule has 28 heavy (non-hydrogen) atoms. The minimum Gasteiger partial charge on any atom is -0.370 e. The summed E-state index contributed by atoms with van der Waals surface area (Å²) < 4.78 is 27.2. The highest BCUT2D eigenvalue weighted by Gasteiger charge is 2.39. The topological polar surface area (TPSA) is 56.8 Å². The van der Waals surface area contributed by atoms with Crippen molar-refractivity contribution >= 4 is 15.7 Å². The van der Waals surface area contributed by atoms with Gasteiger partial charge in [-0.1, -0.05) is 17.7 Å². The molecule has 7 heteroatoms. The fourth-order valence-electron chi connectivity index (χ4n) is 4.07. The molecule has 0 unspecified atom stereocenters. The van der Waals surface area contributed by atoms with Gasteiger partial charge in [-0.25, -0.2) is 8.42 Å². The maximum absolute atomic E-state index is 12.8. The predicted octanol–water partition coefficient (Wildman–Crippen LogP) is 2.28. The third-order valence-electron chi connectivity index (χ3n) is 5.87. The molecule has 0 saturated carbocycles. The second-order valence-corrected chi connectivity index (χ2v) is 9.77. The largest absolute Gasteiger partial charge is 0.370 e. The van der Waals surface area contributed by atoms with Gasteiger partial charge in [0.25, 0.3) is 0 Å². The second kappa shape index (κ2) is 7.81. The SMILES string of the molecule is Cc1ccc(S(=O)(=O)N2CC(N3CCCN(c4ccncc4C)CC3)C2)cc1. The quantitative estimate of drug-likeness (QED) is 0.788. The minimum atomic E-state index is -3.37. The van der Waals surface area contributed by atoms with Gasteiger partial charge in [0.15, 0.2) is 0 Å². The van der Waals surface area contributed by atoms with Crippen LogP contribution in [0.1, 0.15) is 17.5 Å². The van der Waals surface area contributed by atoms with Gasteiger partial charge in [-0.3, -0.25) is 9.88 Å². The first-order valence-corrected chi connectivity index (χ1v) is 11.4. The maximum Gasteiger partial charge on any atom is 0.243 e. The molecule has 0 amide bonds. The van der Waals surface area contributed by atoms with E-state index in [2.05, 4.69) is 27.8 Å². The van der Waals surface area contributed by atoms with Gasteiger partial charge in [-0.05, 0) is 44.0 Å². The van der Waals surface area contributed by atoms with Crippen LogP contribution >= 0.6 is 0 Å². The average Bonchev–Trinajstić information content (AvgIpc) is 2.87. The van der Waals surface area contributed by atoms with E-state index in [4.69, 9.17) is 0 Å². The summed E-state index contributed by atoms with van der Waals surface area (Å²) in [6, 6.07) is 9.53. The molecule has 0 N–H and O–H groups in total. The van der Waals surface area contributed by atoms with Crippen LogP contribution in [0.4, 0.5) is 5.69 Å². The molecule has 2 saturated heterocycles. The van der Waals surface area contributed by atoms with Crippen molar-refractivity contribution in [3.63, 3.8) is 0 Å². The lowest BCUT2D eigenvalue weighted by Gasteiger charge is -2.44. The van der Waals surface area contributed by atoms with E-state index in [9.17, 15) is 8.42 Å². The average molecular weight is 401 g/mol. The summed E-state index contributed by atoms with van der Waals surface area (Å²) >= 11 is 0. The van der Waals surface area contributed by atoms with Crippen LogP contribution in [-0.2, 0) is 10.0 Å². The lowest BCUT2D eigenvalue weighted by Crippen LogP contribution is -2.61. The number of aryl methyl sites for hydroxylation is 2. The van der Waals surface area contributed by atoms with Gasteiger partial charge in [0.1, 0.15) is 0 Å². The number of aromatic nitrogens is 1. The van der Waals surface area contributed by atoms with E-state index in [0.29, 0.717) is 24.0 Å². The summed E-state index contributed by atoms with van der Waals surface area (Å²) in [4.78, 5) is 9.47. The van der Waals surface area contributed by atoms with Gasteiger partial charge in [-0.15, -0.1) is 0 Å². The molecule has 1 aromatic carbocycles. The van der Waals surface area contributed by atoms with Crippen molar-refractivity contribution < 1.29 is 8.42 Å². The van der Waals surface area contributed by atoms with Crippen molar-refractivity contribution in [2.75, 3.05) is 44.2 Å².